The number of hydrogen-bond acceptors (Lipinski definition) is 6. The van der Waals surface area contributed by atoms with E-state index < -0.39 is 5.54 Å². The lowest BCUT2D eigenvalue weighted by Crippen LogP contribution is -2.58. The monoisotopic (exact) mass is 431 g/mol. The molecule has 3 amide bonds. The summed E-state index contributed by atoms with van der Waals surface area (Å²) in [6.45, 7) is 4.34. The van der Waals surface area contributed by atoms with E-state index in [1.165, 1.54) is 4.90 Å². The second kappa shape index (κ2) is 9.54. The van der Waals surface area contributed by atoms with Crippen molar-refractivity contribution in [3.05, 3.63) is 29.8 Å². The van der Waals surface area contributed by atoms with Crippen molar-refractivity contribution in [1.82, 2.24) is 14.7 Å². The summed E-state index contributed by atoms with van der Waals surface area (Å²) in [5, 5.41) is 0. The van der Waals surface area contributed by atoms with E-state index in [0.717, 1.165) is 44.7 Å². The second-order valence-corrected chi connectivity index (χ2v) is 8.58. The third kappa shape index (κ3) is 4.29. The van der Waals surface area contributed by atoms with Crippen LogP contribution in [0.4, 0.5) is 4.79 Å². The van der Waals surface area contributed by atoms with Crippen LogP contribution in [-0.2, 0) is 20.8 Å². The summed E-state index contributed by atoms with van der Waals surface area (Å²) < 4.78 is 16.1. The largest absolute Gasteiger partial charge is 0.497 e. The highest BCUT2D eigenvalue weighted by Gasteiger charge is 2.57. The Hall–Kier alpha value is -2.16. The van der Waals surface area contributed by atoms with Crippen molar-refractivity contribution in [2.45, 2.75) is 43.8 Å². The number of rotatable bonds is 7. The van der Waals surface area contributed by atoms with Crippen LogP contribution in [0.5, 0.6) is 5.75 Å². The first-order valence-electron chi connectivity index (χ1n) is 11.2. The normalized spacial score (nSPS) is 22.5. The number of methoxy groups -OCH3 is 2. The molecule has 0 aliphatic carbocycles. The van der Waals surface area contributed by atoms with Crippen LogP contribution < -0.4 is 4.74 Å². The summed E-state index contributed by atoms with van der Waals surface area (Å²) in [7, 11) is 3.23. The van der Waals surface area contributed by atoms with Gasteiger partial charge < -0.3 is 24.0 Å². The van der Waals surface area contributed by atoms with Gasteiger partial charge >= 0.3 is 6.03 Å². The Morgan fingerprint density at radius 3 is 2.55 bits per heavy atom. The minimum Gasteiger partial charge on any atom is -0.497 e. The third-order valence-electron chi connectivity index (χ3n) is 6.95. The van der Waals surface area contributed by atoms with Crippen LogP contribution in [0.3, 0.4) is 0 Å². The fourth-order valence-electron chi connectivity index (χ4n) is 5.16. The van der Waals surface area contributed by atoms with Crippen LogP contribution in [0.1, 0.15) is 31.2 Å². The smallest absolute Gasteiger partial charge is 0.328 e. The van der Waals surface area contributed by atoms with Crippen molar-refractivity contribution in [2.24, 2.45) is 0 Å². The van der Waals surface area contributed by atoms with E-state index in [0.29, 0.717) is 37.8 Å². The molecule has 3 aliphatic heterocycles. The molecule has 1 aromatic rings. The number of carbonyl (C=O) groups is 2. The average molecular weight is 432 g/mol. The number of nitrogens with zero attached hydrogens (tertiary/aromatic N) is 3. The summed E-state index contributed by atoms with van der Waals surface area (Å²) in [5.74, 6) is 0.635. The lowest BCUT2D eigenvalue weighted by molar-refractivity contribution is -0.136. The minimum atomic E-state index is -0.768. The number of piperidine rings is 1. The van der Waals surface area contributed by atoms with Gasteiger partial charge in [-0.15, -0.1) is 0 Å². The van der Waals surface area contributed by atoms with Crippen molar-refractivity contribution >= 4 is 11.9 Å². The van der Waals surface area contributed by atoms with Gasteiger partial charge in [-0.2, -0.15) is 0 Å². The molecule has 1 spiro atoms. The fraction of sp³-hybridized carbons (Fsp3) is 0.652. The molecule has 8 nitrogen and oxygen atoms in total. The first-order chi connectivity index (χ1) is 15.1. The Morgan fingerprint density at radius 2 is 1.87 bits per heavy atom. The van der Waals surface area contributed by atoms with Crippen molar-refractivity contribution in [3.8, 4) is 5.75 Å². The van der Waals surface area contributed by atoms with E-state index in [9.17, 15) is 9.59 Å². The Labute approximate surface area is 184 Å². The molecule has 3 heterocycles. The number of imide groups is 1. The molecule has 0 atom stereocenters. The Bertz CT molecular complexity index is 787. The number of likely N-dealkylation sites (tertiary alicyclic amines) is 1. The van der Waals surface area contributed by atoms with Crippen molar-refractivity contribution in [1.29, 1.82) is 0 Å². The van der Waals surface area contributed by atoms with Crippen LogP contribution in [0.2, 0.25) is 0 Å². The van der Waals surface area contributed by atoms with E-state index in [1.54, 1.807) is 19.1 Å². The molecule has 0 N–H and O–H groups in total. The molecular formula is C23H33N3O5. The van der Waals surface area contributed by atoms with Crippen molar-refractivity contribution < 1.29 is 23.8 Å². The zero-order valence-corrected chi connectivity index (χ0v) is 18.5. The van der Waals surface area contributed by atoms with Crippen molar-refractivity contribution in [3.63, 3.8) is 0 Å². The highest BCUT2D eigenvalue weighted by Crippen LogP contribution is 2.39. The van der Waals surface area contributed by atoms with Gasteiger partial charge in [0.05, 0.1) is 20.3 Å². The maximum atomic E-state index is 13.7. The average Bonchev–Trinajstić information content (AvgIpc) is 3.00. The lowest BCUT2D eigenvalue weighted by Gasteiger charge is -2.45. The second-order valence-electron chi connectivity index (χ2n) is 8.58. The van der Waals surface area contributed by atoms with E-state index in [-0.39, 0.29) is 18.5 Å². The zero-order valence-electron chi connectivity index (χ0n) is 18.5. The molecule has 170 valence electrons. The van der Waals surface area contributed by atoms with Gasteiger partial charge in [0.25, 0.3) is 5.91 Å². The van der Waals surface area contributed by atoms with Crippen LogP contribution in [0.25, 0.3) is 0 Å². The van der Waals surface area contributed by atoms with E-state index in [2.05, 4.69) is 4.90 Å². The molecule has 0 unspecified atom stereocenters. The first-order valence-corrected chi connectivity index (χ1v) is 11.2. The van der Waals surface area contributed by atoms with E-state index >= 15 is 0 Å². The van der Waals surface area contributed by atoms with Gasteiger partial charge in [-0.25, -0.2) is 4.79 Å². The minimum absolute atomic E-state index is 0.0805. The fourth-order valence-corrected chi connectivity index (χ4v) is 5.16. The molecule has 3 fully saturated rings. The molecule has 3 aliphatic rings. The lowest BCUT2D eigenvalue weighted by atomic mass is 9.84. The number of urea groups is 1. The van der Waals surface area contributed by atoms with E-state index in [4.69, 9.17) is 14.2 Å². The summed E-state index contributed by atoms with van der Waals surface area (Å²) in [5.41, 5.74) is 0.111. The molecule has 3 saturated heterocycles. The topological polar surface area (TPSA) is 71.6 Å². The van der Waals surface area contributed by atoms with Crippen LogP contribution in [0, 0.1) is 0 Å². The first kappa shape index (κ1) is 22.0. The molecule has 0 bridgehead atoms. The summed E-state index contributed by atoms with van der Waals surface area (Å²) in [6, 6.07) is 7.82. The molecule has 8 heteroatoms. The van der Waals surface area contributed by atoms with Crippen molar-refractivity contribution in [2.75, 3.05) is 53.7 Å². The van der Waals surface area contributed by atoms with Crippen LogP contribution in [0.15, 0.2) is 24.3 Å². The quantitative estimate of drug-likeness (QED) is 0.616. The molecule has 4 rings (SSSR count). The summed E-state index contributed by atoms with van der Waals surface area (Å²) >= 11 is 0. The maximum Gasteiger partial charge on any atom is 0.328 e. The Balaban J connectivity index is 1.52. The number of carbonyl (C=O) groups excluding carboxylic acids is 2. The molecule has 0 radical (unpaired) electrons. The maximum absolute atomic E-state index is 13.7. The summed E-state index contributed by atoms with van der Waals surface area (Å²) in [6.07, 6.45) is 3.39. The van der Waals surface area contributed by atoms with Crippen LogP contribution in [-0.4, -0.2) is 91.9 Å². The Morgan fingerprint density at radius 1 is 1.13 bits per heavy atom. The van der Waals surface area contributed by atoms with Gasteiger partial charge in [-0.1, -0.05) is 12.1 Å². The predicted octanol–water partition coefficient (Wildman–Crippen LogP) is 2.12. The van der Waals surface area contributed by atoms with Gasteiger partial charge in [0.1, 0.15) is 11.3 Å². The van der Waals surface area contributed by atoms with Gasteiger partial charge in [-0.3, -0.25) is 9.69 Å². The summed E-state index contributed by atoms with van der Waals surface area (Å²) in [4.78, 5) is 32.7. The highest BCUT2D eigenvalue weighted by molar-refractivity contribution is 6.07. The molecule has 31 heavy (non-hydrogen) atoms. The molecule has 1 aromatic carbocycles. The SMILES string of the molecule is COCCN1C(=O)N(Cc2cccc(OC)c2)C(=O)C12CCN(C1CCOCC1)CC2. The highest BCUT2D eigenvalue weighted by atomic mass is 16.5. The molecule has 0 saturated carbocycles. The zero-order chi connectivity index (χ0) is 21.8. The molecule has 0 aromatic heterocycles. The predicted molar refractivity (Wildman–Crippen MR) is 115 cm³/mol. The van der Waals surface area contributed by atoms with Crippen LogP contribution >= 0.6 is 0 Å². The van der Waals surface area contributed by atoms with Gasteiger partial charge in [0.2, 0.25) is 0 Å². The Kier molecular flexibility index (Phi) is 6.79. The number of amides is 3. The standard InChI is InChI=1S/C23H33N3O5/c1-29-15-12-26-22(28)25(17-18-4-3-5-20(16-18)30-2)21(27)23(26)8-10-24(11-9-23)19-6-13-31-14-7-19/h3-5,16,19H,6-15,17H2,1-2H3. The van der Waals surface area contributed by atoms with Gasteiger partial charge in [-0.05, 0) is 43.4 Å². The van der Waals surface area contributed by atoms with Gasteiger partial charge in [0.15, 0.2) is 0 Å². The van der Waals surface area contributed by atoms with E-state index in [1.807, 2.05) is 24.3 Å². The number of benzene rings is 1. The third-order valence-corrected chi connectivity index (χ3v) is 6.95. The molecular weight excluding hydrogens is 398 g/mol. The number of hydrogen-bond donors (Lipinski definition) is 0. The number of ether oxygens (including phenoxy) is 3. The van der Waals surface area contributed by atoms with Gasteiger partial charge in [0, 0.05) is 46.0 Å².